The molecule has 1 aromatic rings. The van der Waals surface area contributed by atoms with Crippen molar-refractivity contribution >= 4 is 27.6 Å². The second-order valence-corrected chi connectivity index (χ2v) is 7.71. The van der Waals surface area contributed by atoms with Crippen molar-refractivity contribution in [2.75, 3.05) is 50.4 Å². The van der Waals surface area contributed by atoms with Crippen molar-refractivity contribution in [1.29, 1.82) is 0 Å². The number of anilines is 1. The fourth-order valence-corrected chi connectivity index (χ4v) is 3.11. The first-order valence-corrected chi connectivity index (χ1v) is 9.73. The van der Waals surface area contributed by atoms with Crippen LogP contribution >= 0.6 is 0 Å². The Hall–Kier alpha value is -2.14. The van der Waals surface area contributed by atoms with Crippen LogP contribution in [0.1, 0.15) is 6.92 Å². The largest absolute Gasteiger partial charge is 0.355 e. The second kappa shape index (κ2) is 8.30. The van der Waals surface area contributed by atoms with Gasteiger partial charge in [0, 0.05) is 46.5 Å². The van der Waals surface area contributed by atoms with Crippen molar-refractivity contribution in [3.8, 4) is 0 Å². The van der Waals surface area contributed by atoms with Gasteiger partial charge in [0.05, 0.1) is 17.6 Å². The molecule has 25 heavy (non-hydrogen) atoms. The molecule has 0 bridgehead atoms. The van der Waals surface area contributed by atoms with Crippen LogP contribution in [0.5, 0.6) is 0 Å². The van der Waals surface area contributed by atoms with Gasteiger partial charge in [0.2, 0.25) is 15.9 Å². The smallest absolute Gasteiger partial charge is 0.246 e. The molecule has 0 aromatic carbocycles. The number of carbonyl (C=O) groups is 1. The summed E-state index contributed by atoms with van der Waals surface area (Å²) in [5.74, 6) is 0.593. The van der Waals surface area contributed by atoms with E-state index in [0.29, 0.717) is 25.6 Å². The summed E-state index contributed by atoms with van der Waals surface area (Å²) in [6.07, 6.45) is 3.47. The zero-order valence-corrected chi connectivity index (χ0v) is 15.6. The normalized spacial score (nSPS) is 16.4. The minimum Gasteiger partial charge on any atom is -0.355 e. The monoisotopic (exact) mass is 371 g/mol. The number of aryl methyl sites for hydroxylation is 1. The molecule has 1 aliphatic heterocycles. The molecular formula is C14H25N7O3S. The summed E-state index contributed by atoms with van der Waals surface area (Å²) in [6, 6.07) is 0. The van der Waals surface area contributed by atoms with Crippen LogP contribution in [0.3, 0.4) is 0 Å². The van der Waals surface area contributed by atoms with Crippen molar-refractivity contribution in [2.45, 2.75) is 6.92 Å². The van der Waals surface area contributed by atoms with Crippen LogP contribution in [-0.4, -0.2) is 80.5 Å². The van der Waals surface area contributed by atoms with Crippen LogP contribution in [0.2, 0.25) is 0 Å². The lowest BCUT2D eigenvalue weighted by Gasteiger charge is -2.35. The molecule has 11 heteroatoms. The average Bonchev–Trinajstić information content (AvgIpc) is 3.01. The highest BCUT2D eigenvalue weighted by Gasteiger charge is 2.27. The Morgan fingerprint density at radius 3 is 2.68 bits per heavy atom. The van der Waals surface area contributed by atoms with E-state index in [0.717, 1.165) is 5.69 Å². The summed E-state index contributed by atoms with van der Waals surface area (Å²) < 4.78 is 26.9. The first-order valence-electron chi connectivity index (χ1n) is 8.08. The Morgan fingerprint density at radius 2 is 2.12 bits per heavy atom. The zero-order valence-electron chi connectivity index (χ0n) is 14.8. The van der Waals surface area contributed by atoms with Gasteiger partial charge in [0.15, 0.2) is 5.96 Å². The number of hydrogen-bond acceptors (Lipinski definition) is 5. The van der Waals surface area contributed by atoms with Gasteiger partial charge in [-0.2, -0.15) is 5.10 Å². The lowest BCUT2D eigenvalue weighted by Crippen LogP contribution is -2.55. The molecule has 1 aliphatic rings. The first kappa shape index (κ1) is 19.2. The molecule has 0 atom stereocenters. The molecule has 140 valence electrons. The number of aliphatic imine (C=N–C) groups is 1. The Bertz CT molecular complexity index is 729. The summed E-state index contributed by atoms with van der Waals surface area (Å²) in [6.45, 7) is 3.60. The van der Waals surface area contributed by atoms with E-state index < -0.39 is 10.0 Å². The molecule has 0 radical (unpaired) electrons. The molecule has 2 rings (SSSR count). The molecule has 2 N–H and O–H groups in total. The van der Waals surface area contributed by atoms with Crippen molar-refractivity contribution < 1.29 is 13.2 Å². The first-order chi connectivity index (χ1) is 11.9. The third-order valence-electron chi connectivity index (χ3n) is 3.85. The fraction of sp³-hybridized carbons (Fsp3) is 0.643. The van der Waals surface area contributed by atoms with Crippen LogP contribution in [0.4, 0.5) is 5.69 Å². The Kier molecular flexibility index (Phi) is 6.37. The molecule has 1 amide bonds. The molecule has 1 fully saturated rings. The van der Waals surface area contributed by atoms with Gasteiger partial charge in [0.1, 0.15) is 6.54 Å². The van der Waals surface area contributed by atoms with Gasteiger partial charge in [-0.25, -0.2) is 13.1 Å². The Labute approximate surface area is 147 Å². The lowest BCUT2D eigenvalue weighted by molar-refractivity contribution is -0.120. The maximum absolute atomic E-state index is 12.4. The van der Waals surface area contributed by atoms with E-state index in [1.54, 1.807) is 35.9 Å². The third-order valence-corrected chi connectivity index (χ3v) is 5.25. The fourth-order valence-electron chi connectivity index (χ4n) is 2.49. The van der Waals surface area contributed by atoms with Gasteiger partial charge in [0.25, 0.3) is 0 Å². The SMILES string of the molecule is CCS(=O)(=O)NCCNC(=NC)N1CCN(c2cnn(C)c2)C(=O)C1. The summed E-state index contributed by atoms with van der Waals surface area (Å²) >= 11 is 0. The average molecular weight is 371 g/mol. The van der Waals surface area contributed by atoms with E-state index >= 15 is 0 Å². The summed E-state index contributed by atoms with van der Waals surface area (Å²) in [7, 11) is 0.238. The highest BCUT2D eigenvalue weighted by atomic mass is 32.2. The highest BCUT2D eigenvalue weighted by Crippen LogP contribution is 2.15. The van der Waals surface area contributed by atoms with E-state index in [4.69, 9.17) is 0 Å². The number of amides is 1. The molecule has 0 unspecified atom stereocenters. The third kappa shape index (κ3) is 5.16. The lowest BCUT2D eigenvalue weighted by atomic mass is 10.3. The van der Waals surface area contributed by atoms with E-state index in [2.05, 4.69) is 20.1 Å². The number of hydrogen-bond donors (Lipinski definition) is 2. The van der Waals surface area contributed by atoms with Gasteiger partial charge in [-0.3, -0.25) is 14.5 Å². The minimum absolute atomic E-state index is 0.0334. The maximum Gasteiger partial charge on any atom is 0.246 e. The number of guanidine groups is 1. The van der Waals surface area contributed by atoms with Crippen molar-refractivity contribution in [1.82, 2.24) is 24.7 Å². The number of rotatable bonds is 6. The van der Waals surface area contributed by atoms with Gasteiger partial charge in [-0.15, -0.1) is 0 Å². The number of sulfonamides is 1. The van der Waals surface area contributed by atoms with E-state index in [9.17, 15) is 13.2 Å². The number of piperazine rings is 1. The number of nitrogens with zero attached hydrogens (tertiary/aromatic N) is 5. The summed E-state index contributed by atoms with van der Waals surface area (Å²) in [5, 5.41) is 7.17. The van der Waals surface area contributed by atoms with Crippen LogP contribution < -0.4 is 14.9 Å². The van der Waals surface area contributed by atoms with Crippen molar-refractivity contribution in [3.05, 3.63) is 12.4 Å². The van der Waals surface area contributed by atoms with Crippen molar-refractivity contribution in [2.24, 2.45) is 12.0 Å². The number of aromatic nitrogens is 2. The van der Waals surface area contributed by atoms with Gasteiger partial charge < -0.3 is 15.1 Å². The van der Waals surface area contributed by atoms with E-state index in [-0.39, 0.29) is 24.7 Å². The van der Waals surface area contributed by atoms with E-state index in [1.165, 1.54) is 0 Å². The number of carbonyl (C=O) groups excluding carboxylic acids is 1. The molecule has 2 heterocycles. The molecule has 1 aromatic heterocycles. The molecule has 10 nitrogen and oxygen atoms in total. The van der Waals surface area contributed by atoms with E-state index in [1.807, 2.05) is 11.9 Å². The molecule has 0 saturated carbocycles. The summed E-state index contributed by atoms with van der Waals surface area (Å²) in [5.41, 5.74) is 0.782. The van der Waals surface area contributed by atoms with Gasteiger partial charge in [-0.05, 0) is 6.92 Å². The van der Waals surface area contributed by atoms with Gasteiger partial charge >= 0.3 is 0 Å². The zero-order chi connectivity index (χ0) is 18.4. The van der Waals surface area contributed by atoms with Crippen molar-refractivity contribution in [3.63, 3.8) is 0 Å². The molecule has 0 aliphatic carbocycles. The maximum atomic E-state index is 12.4. The van der Waals surface area contributed by atoms with Crippen LogP contribution in [0.15, 0.2) is 17.4 Å². The number of nitrogens with one attached hydrogen (secondary N) is 2. The van der Waals surface area contributed by atoms with Gasteiger partial charge in [-0.1, -0.05) is 0 Å². The summed E-state index contributed by atoms with van der Waals surface area (Å²) in [4.78, 5) is 20.1. The highest BCUT2D eigenvalue weighted by molar-refractivity contribution is 7.89. The Morgan fingerprint density at radius 1 is 1.36 bits per heavy atom. The standard InChI is InChI=1S/C14H25N7O3S/c1-4-25(23,24)18-6-5-16-14(15-2)20-7-8-21(13(22)11-20)12-9-17-19(3)10-12/h9-10,18H,4-8,11H2,1-3H3,(H,15,16). The molecular weight excluding hydrogens is 346 g/mol. The molecule has 1 saturated heterocycles. The minimum atomic E-state index is -3.21. The quantitative estimate of drug-likeness (QED) is 0.361. The second-order valence-electron chi connectivity index (χ2n) is 5.61. The molecule has 0 spiro atoms. The van der Waals surface area contributed by atoms with Crippen LogP contribution in [0, 0.1) is 0 Å². The van der Waals surface area contributed by atoms with Crippen LogP contribution in [-0.2, 0) is 21.9 Å². The predicted molar refractivity (Wildman–Crippen MR) is 96.0 cm³/mol. The van der Waals surface area contributed by atoms with Crippen LogP contribution in [0.25, 0.3) is 0 Å². The topological polar surface area (TPSA) is 112 Å². The Balaban J connectivity index is 1.85. The predicted octanol–water partition coefficient (Wildman–Crippen LogP) is -1.42.